The van der Waals surface area contributed by atoms with Gasteiger partial charge < -0.3 is 5.32 Å². The molecule has 4 nitrogen and oxygen atoms in total. The molecule has 0 aromatic heterocycles. The third kappa shape index (κ3) is 4.28. The summed E-state index contributed by atoms with van der Waals surface area (Å²) in [6, 6.07) is 14.5. The van der Waals surface area contributed by atoms with Crippen LogP contribution in [0.25, 0.3) is 6.08 Å². The van der Waals surface area contributed by atoms with E-state index in [1.54, 1.807) is 18.2 Å². The van der Waals surface area contributed by atoms with Crippen LogP contribution in [0.1, 0.15) is 29.2 Å². The lowest BCUT2D eigenvalue weighted by molar-refractivity contribution is -0.117. The molecule has 124 valence electrons. The van der Waals surface area contributed by atoms with Gasteiger partial charge in [-0.2, -0.15) is 0 Å². The van der Waals surface area contributed by atoms with Crippen molar-refractivity contribution in [1.82, 2.24) is 16.2 Å². The topological polar surface area (TPSA) is 53.2 Å². The lowest BCUT2D eigenvalue weighted by atomic mass is 10.0. The van der Waals surface area contributed by atoms with Gasteiger partial charge in [-0.1, -0.05) is 42.0 Å². The number of halogens is 1. The number of carbonyl (C=O) groups is 1. The maximum absolute atomic E-state index is 12.8. The van der Waals surface area contributed by atoms with Gasteiger partial charge in [-0.05, 0) is 36.3 Å². The molecular formula is C19H20FN3O. The molecule has 3 rings (SSSR count). The highest BCUT2D eigenvalue weighted by Gasteiger charge is 2.25. The van der Waals surface area contributed by atoms with Crippen molar-refractivity contribution in [3.8, 4) is 0 Å². The van der Waals surface area contributed by atoms with Gasteiger partial charge in [-0.25, -0.2) is 15.2 Å². The third-order valence-electron chi connectivity index (χ3n) is 4.00. The zero-order valence-electron chi connectivity index (χ0n) is 13.4. The standard InChI is InChI=1S/C19H20FN3O/c1-13-2-7-15(8-3-13)17-12-18(23-22-17)21-19(24)11-6-14-4-9-16(20)10-5-14/h2-11,17-18,22-23H,12H2,1H3,(H,21,24)/b11-6+. The molecule has 2 unspecified atom stereocenters. The van der Waals surface area contributed by atoms with Crippen LogP contribution in [-0.2, 0) is 4.79 Å². The van der Waals surface area contributed by atoms with Crippen LogP contribution < -0.4 is 16.2 Å². The maximum atomic E-state index is 12.8. The fourth-order valence-corrected chi connectivity index (χ4v) is 2.63. The molecule has 0 saturated carbocycles. The number of rotatable bonds is 4. The molecule has 1 aliphatic heterocycles. The minimum absolute atomic E-state index is 0.137. The minimum Gasteiger partial charge on any atom is -0.336 e. The van der Waals surface area contributed by atoms with Gasteiger partial charge in [0.1, 0.15) is 5.82 Å². The van der Waals surface area contributed by atoms with Gasteiger partial charge in [0.25, 0.3) is 0 Å². The van der Waals surface area contributed by atoms with Crippen LogP contribution in [0.2, 0.25) is 0 Å². The fourth-order valence-electron chi connectivity index (χ4n) is 2.63. The molecule has 0 radical (unpaired) electrons. The van der Waals surface area contributed by atoms with E-state index in [1.807, 2.05) is 0 Å². The van der Waals surface area contributed by atoms with Gasteiger partial charge >= 0.3 is 0 Å². The summed E-state index contributed by atoms with van der Waals surface area (Å²) in [4.78, 5) is 12.0. The Hall–Kier alpha value is -2.50. The van der Waals surface area contributed by atoms with E-state index in [-0.39, 0.29) is 23.9 Å². The van der Waals surface area contributed by atoms with Crippen LogP contribution in [-0.4, -0.2) is 12.1 Å². The quantitative estimate of drug-likeness (QED) is 0.758. The summed E-state index contributed by atoms with van der Waals surface area (Å²) in [5, 5.41) is 2.90. The van der Waals surface area contributed by atoms with E-state index >= 15 is 0 Å². The third-order valence-corrected chi connectivity index (χ3v) is 4.00. The number of hydrogen-bond acceptors (Lipinski definition) is 3. The Labute approximate surface area is 140 Å². The van der Waals surface area contributed by atoms with E-state index in [0.717, 1.165) is 12.0 Å². The first-order valence-corrected chi connectivity index (χ1v) is 7.92. The normalized spacial score (nSPS) is 20.4. The Bertz CT molecular complexity index is 725. The molecular weight excluding hydrogens is 305 g/mol. The van der Waals surface area contributed by atoms with Crippen molar-refractivity contribution < 1.29 is 9.18 Å². The molecule has 1 fully saturated rings. The van der Waals surface area contributed by atoms with E-state index < -0.39 is 0 Å². The molecule has 24 heavy (non-hydrogen) atoms. The highest BCUT2D eigenvalue weighted by Crippen LogP contribution is 2.21. The van der Waals surface area contributed by atoms with Crippen LogP contribution in [0.15, 0.2) is 54.6 Å². The van der Waals surface area contributed by atoms with Crippen LogP contribution in [0.3, 0.4) is 0 Å². The van der Waals surface area contributed by atoms with E-state index in [2.05, 4.69) is 47.4 Å². The van der Waals surface area contributed by atoms with Crippen LogP contribution >= 0.6 is 0 Å². The molecule has 2 aromatic carbocycles. The monoisotopic (exact) mass is 325 g/mol. The van der Waals surface area contributed by atoms with E-state index in [9.17, 15) is 9.18 Å². The molecule has 1 amide bonds. The van der Waals surface area contributed by atoms with E-state index in [0.29, 0.717) is 0 Å². The predicted octanol–water partition coefficient (Wildman–Crippen LogP) is 2.83. The molecule has 5 heteroatoms. The second-order valence-electron chi connectivity index (χ2n) is 5.93. The Morgan fingerprint density at radius 3 is 2.54 bits per heavy atom. The number of nitrogens with one attached hydrogen (secondary N) is 3. The highest BCUT2D eigenvalue weighted by molar-refractivity contribution is 5.91. The lowest BCUT2D eigenvalue weighted by Gasteiger charge is -2.10. The molecule has 1 heterocycles. The number of amides is 1. The average molecular weight is 325 g/mol. The zero-order valence-corrected chi connectivity index (χ0v) is 13.4. The smallest absolute Gasteiger partial charge is 0.245 e. The van der Waals surface area contributed by atoms with E-state index in [1.165, 1.54) is 29.3 Å². The first-order valence-electron chi connectivity index (χ1n) is 7.92. The van der Waals surface area contributed by atoms with Crippen molar-refractivity contribution in [2.75, 3.05) is 0 Å². The largest absolute Gasteiger partial charge is 0.336 e. The molecule has 3 N–H and O–H groups in total. The Kier molecular flexibility index (Phi) is 5.03. The summed E-state index contributed by atoms with van der Waals surface area (Å²) in [5.41, 5.74) is 9.48. The van der Waals surface area contributed by atoms with Gasteiger partial charge in [0.05, 0.1) is 6.17 Å². The van der Waals surface area contributed by atoms with Gasteiger partial charge in [-0.15, -0.1) is 0 Å². The van der Waals surface area contributed by atoms with Crippen molar-refractivity contribution >= 4 is 12.0 Å². The summed E-state index contributed by atoms with van der Waals surface area (Å²) in [6.07, 6.45) is 3.74. The summed E-state index contributed by atoms with van der Waals surface area (Å²) in [7, 11) is 0. The summed E-state index contributed by atoms with van der Waals surface area (Å²) >= 11 is 0. The average Bonchev–Trinajstić information content (AvgIpc) is 3.03. The Morgan fingerprint density at radius 2 is 1.83 bits per heavy atom. The van der Waals surface area contributed by atoms with Crippen molar-refractivity contribution in [2.45, 2.75) is 25.6 Å². The lowest BCUT2D eigenvalue weighted by Crippen LogP contribution is -2.43. The number of carbonyl (C=O) groups excluding carboxylic acids is 1. The summed E-state index contributed by atoms with van der Waals surface area (Å²) < 4.78 is 12.8. The SMILES string of the molecule is Cc1ccc(C2CC(NC(=O)/C=C/c3ccc(F)cc3)NN2)cc1. The first kappa shape index (κ1) is 16.4. The number of hydrogen-bond donors (Lipinski definition) is 3. The maximum Gasteiger partial charge on any atom is 0.245 e. The zero-order chi connectivity index (χ0) is 16.9. The highest BCUT2D eigenvalue weighted by atomic mass is 19.1. The number of hydrazine groups is 1. The predicted molar refractivity (Wildman–Crippen MR) is 92.2 cm³/mol. The Morgan fingerprint density at radius 1 is 1.12 bits per heavy atom. The van der Waals surface area contributed by atoms with E-state index in [4.69, 9.17) is 0 Å². The molecule has 0 bridgehead atoms. The van der Waals surface area contributed by atoms with Gasteiger partial charge in [0.15, 0.2) is 0 Å². The van der Waals surface area contributed by atoms with Gasteiger partial charge in [0, 0.05) is 18.5 Å². The first-order chi connectivity index (χ1) is 11.6. The van der Waals surface area contributed by atoms with Crippen LogP contribution in [0.5, 0.6) is 0 Å². The molecule has 0 spiro atoms. The van der Waals surface area contributed by atoms with Crippen LogP contribution in [0.4, 0.5) is 4.39 Å². The summed E-state index contributed by atoms with van der Waals surface area (Å²) in [5.74, 6) is -0.483. The van der Waals surface area contributed by atoms with Crippen molar-refractivity contribution in [1.29, 1.82) is 0 Å². The molecule has 0 aliphatic carbocycles. The number of benzene rings is 2. The fraction of sp³-hybridized carbons (Fsp3) is 0.211. The molecule has 2 atom stereocenters. The van der Waals surface area contributed by atoms with Crippen molar-refractivity contribution in [3.63, 3.8) is 0 Å². The second kappa shape index (κ2) is 7.38. The minimum atomic E-state index is -0.292. The van der Waals surface area contributed by atoms with Crippen molar-refractivity contribution in [3.05, 3.63) is 77.1 Å². The molecule has 2 aromatic rings. The summed E-state index contributed by atoms with van der Waals surface area (Å²) in [6.45, 7) is 2.06. The van der Waals surface area contributed by atoms with Gasteiger partial charge in [-0.3, -0.25) is 4.79 Å². The van der Waals surface area contributed by atoms with Gasteiger partial charge in [0.2, 0.25) is 5.91 Å². The van der Waals surface area contributed by atoms with Crippen LogP contribution in [0, 0.1) is 12.7 Å². The second-order valence-corrected chi connectivity index (χ2v) is 5.93. The molecule has 1 saturated heterocycles. The molecule has 1 aliphatic rings. The Balaban J connectivity index is 1.52. The van der Waals surface area contributed by atoms with Crippen molar-refractivity contribution in [2.24, 2.45) is 0 Å². The number of aryl methyl sites for hydroxylation is 1.